The quantitative estimate of drug-likeness (QED) is 0.174. The van der Waals surface area contributed by atoms with Gasteiger partial charge in [-0.3, -0.25) is 0 Å². The molecule has 0 heterocycles. The molecule has 0 bridgehead atoms. The normalized spacial score (nSPS) is 12.0. The number of quaternary nitrogens is 1. The summed E-state index contributed by atoms with van der Waals surface area (Å²) in [5.74, 6) is 14.9. The predicted molar refractivity (Wildman–Crippen MR) is 25.8 cm³/mol. The lowest BCUT2D eigenvalue weighted by molar-refractivity contribution is -1.13. The fraction of sp³-hybridized carbons (Fsp3) is 1.00. The molecule has 8 heavy (non-hydrogen) atoms. The smallest absolute Gasteiger partial charge is 0.242 e. The van der Waals surface area contributed by atoms with E-state index in [1.165, 1.54) is 7.11 Å². The van der Waals surface area contributed by atoms with Crippen LogP contribution in [0.4, 0.5) is 0 Å². The maximum absolute atomic E-state index is 5.11. The lowest BCUT2D eigenvalue weighted by Gasteiger charge is -2.18. The van der Waals surface area contributed by atoms with E-state index in [9.17, 15) is 0 Å². The summed E-state index contributed by atoms with van der Waals surface area (Å²) < 4.78 is 0. The van der Waals surface area contributed by atoms with Crippen molar-refractivity contribution in [2.75, 3.05) is 13.8 Å². The van der Waals surface area contributed by atoms with Crippen LogP contribution < -0.4 is 17.6 Å². The van der Waals surface area contributed by atoms with Crippen molar-refractivity contribution in [3.05, 3.63) is 0 Å². The van der Waals surface area contributed by atoms with Crippen molar-refractivity contribution in [2.45, 2.75) is 0 Å². The molecule has 0 amide bonds. The van der Waals surface area contributed by atoms with Gasteiger partial charge in [-0.2, -0.15) is 4.84 Å². The Hall–Kier alpha value is -0.240. The summed E-state index contributed by atoms with van der Waals surface area (Å²) in [5, 5.41) is 0. The zero-order valence-electron chi connectivity index (χ0n) is 4.70. The molecule has 6 N–H and O–H groups in total. The molecule has 0 atom stereocenters. The molecule has 0 saturated carbocycles. The lowest BCUT2D eigenvalue weighted by Crippen LogP contribution is -2.60. The van der Waals surface area contributed by atoms with Gasteiger partial charge in [0.25, 0.3) is 6.73 Å². The molecule has 0 radical (unpaired) electrons. The van der Waals surface area contributed by atoms with E-state index in [0.29, 0.717) is 0 Å². The van der Waals surface area contributed by atoms with Crippen molar-refractivity contribution >= 4 is 0 Å². The Kier molecular flexibility index (Phi) is 2.84. The molecule has 6 heteroatoms. The van der Waals surface area contributed by atoms with E-state index in [1.807, 2.05) is 0 Å². The standard InChI is InChI=1S/C2H11N4O2/c1-7-6(3,4)2-8-5/h2-5H2,1H3/q+1. The Labute approximate surface area is 47.2 Å². The van der Waals surface area contributed by atoms with Crippen molar-refractivity contribution in [2.24, 2.45) is 17.6 Å². The highest BCUT2D eigenvalue weighted by molar-refractivity contribution is 3.82. The Bertz CT molecular complexity index is 65.1. The van der Waals surface area contributed by atoms with Gasteiger partial charge in [0.2, 0.25) is 0 Å². The third-order valence-electron chi connectivity index (χ3n) is 0.616. The van der Waals surface area contributed by atoms with Crippen LogP contribution in [-0.4, -0.2) is 18.7 Å². The Balaban J connectivity index is 3.37. The molecule has 0 aromatic heterocycles. The maximum Gasteiger partial charge on any atom is 0.267 e. The molecule has 0 aliphatic carbocycles. The first-order valence-corrected chi connectivity index (χ1v) is 1.95. The molecule has 0 unspecified atom stereocenters. The van der Waals surface area contributed by atoms with Crippen LogP contribution in [0.5, 0.6) is 0 Å². The summed E-state index contributed by atoms with van der Waals surface area (Å²) >= 11 is 0. The topological polar surface area (TPSA) is 96.5 Å². The second kappa shape index (κ2) is 2.92. The second-order valence-corrected chi connectivity index (χ2v) is 1.33. The first-order chi connectivity index (χ1) is 3.62. The minimum atomic E-state index is -0.684. The Morgan fingerprint density at radius 2 is 2.00 bits per heavy atom. The summed E-state index contributed by atoms with van der Waals surface area (Å²) in [5.41, 5.74) is 0. The summed E-state index contributed by atoms with van der Waals surface area (Å²) in [4.78, 5) is 7.88. The molecule has 0 fully saturated rings. The van der Waals surface area contributed by atoms with Gasteiger partial charge < -0.3 is 0 Å². The van der Waals surface area contributed by atoms with Crippen LogP contribution in [0.3, 0.4) is 0 Å². The summed E-state index contributed by atoms with van der Waals surface area (Å²) in [6.45, 7) is -0.0868. The van der Waals surface area contributed by atoms with Crippen molar-refractivity contribution in [1.29, 1.82) is 0 Å². The summed E-state index contributed by atoms with van der Waals surface area (Å²) in [6, 6.07) is 0. The third-order valence-corrected chi connectivity index (χ3v) is 0.616. The van der Waals surface area contributed by atoms with Gasteiger partial charge >= 0.3 is 0 Å². The third kappa shape index (κ3) is 2.86. The molecule has 6 nitrogen and oxygen atoms in total. The maximum atomic E-state index is 5.11. The van der Waals surface area contributed by atoms with Crippen LogP contribution in [-0.2, 0) is 9.68 Å². The van der Waals surface area contributed by atoms with Crippen LogP contribution in [0.1, 0.15) is 0 Å². The van der Waals surface area contributed by atoms with Gasteiger partial charge in [0.15, 0.2) is 0 Å². The van der Waals surface area contributed by atoms with Crippen molar-refractivity contribution in [3.8, 4) is 0 Å². The van der Waals surface area contributed by atoms with E-state index in [2.05, 4.69) is 15.6 Å². The molecule has 0 saturated heterocycles. The van der Waals surface area contributed by atoms with Crippen molar-refractivity contribution < 1.29 is 14.5 Å². The average molecular weight is 123 g/mol. The number of rotatable bonds is 3. The highest BCUT2D eigenvalue weighted by atomic mass is 16.8. The zero-order chi connectivity index (χ0) is 6.62. The number of nitrogens with two attached hydrogens (primary N) is 3. The van der Waals surface area contributed by atoms with Gasteiger partial charge in [0, 0.05) is 0 Å². The number of hydrogen-bond donors (Lipinski definition) is 3. The fourth-order valence-corrected chi connectivity index (χ4v) is 0.169. The SMILES string of the molecule is CO[N+](N)(N)CON. The van der Waals surface area contributed by atoms with E-state index in [0.717, 1.165) is 0 Å². The van der Waals surface area contributed by atoms with Gasteiger partial charge in [-0.1, -0.05) is 0 Å². The number of nitrogens with zero attached hydrogens (tertiary/aromatic N) is 1. The minimum absolute atomic E-state index is 0.0868. The second-order valence-electron chi connectivity index (χ2n) is 1.33. The van der Waals surface area contributed by atoms with Gasteiger partial charge in [-0.05, 0) is 4.86 Å². The summed E-state index contributed by atoms with van der Waals surface area (Å²) in [6.07, 6.45) is 0. The van der Waals surface area contributed by atoms with Crippen LogP contribution in [0.2, 0.25) is 0 Å². The first-order valence-electron chi connectivity index (χ1n) is 1.95. The van der Waals surface area contributed by atoms with E-state index in [-0.39, 0.29) is 6.73 Å². The molecule has 0 aromatic carbocycles. The molecule has 0 spiro atoms. The van der Waals surface area contributed by atoms with Crippen LogP contribution in [0.25, 0.3) is 0 Å². The molecule has 0 aliphatic rings. The Morgan fingerprint density at radius 3 is 2.12 bits per heavy atom. The fourth-order valence-electron chi connectivity index (χ4n) is 0.169. The first kappa shape index (κ1) is 7.76. The summed E-state index contributed by atoms with van der Waals surface area (Å²) in [7, 11) is 1.35. The number of hydrogen-bond acceptors (Lipinski definition) is 5. The Morgan fingerprint density at radius 1 is 1.50 bits per heavy atom. The van der Waals surface area contributed by atoms with Crippen LogP contribution in [0.15, 0.2) is 0 Å². The van der Waals surface area contributed by atoms with Crippen molar-refractivity contribution in [1.82, 2.24) is 0 Å². The molecular weight excluding hydrogens is 112 g/mol. The highest BCUT2D eigenvalue weighted by Crippen LogP contribution is 1.82. The molecule has 0 rings (SSSR count). The molecular formula is C2H11N4O2+. The largest absolute Gasteiger partial charge is 0.267 e. The van der Waals surface area contributed by atoms with Gasteiger partial charge in [0.05, 0.1) is 0 Å². The zero-order valence-corrected chi connectivity index (χ0v) is 4.70. The van der Waals surface area contributed by atoms with E-state index in [1.54, 1.807) is 0 Å². The number of hydroxylamine groups is 1. The van der Waals surface area contributed by atoms with E-state index in [4.69, 9.17) is 11.7 Å². The predicted octanol–water partition coefficient (Wildman–Crippen LogP) is -2.04. The van der Waals surface area contributed by atoms with Crippen LogP contribution in [0, 0.1) is 0 Å². The minimum Gasteiger partial charge on any atom is -0.242 e. The van der Waals surface area contributed by atoms with E-state index < -0.39 is 4.86 Å². The van der Waals surface area contributed by atoms with Gasteiger partial charge in [0.1, 0.15) is 7.11 Å². The molecule has 50 valence electrons. The molecule has 0 aromatic rings. The monoisotopic (exact) mass is 123 g/mol. The highest BCUT2D eigenvalue weighted by Gasteiger charge is 2.15. The van der Waals surface area contributed by atoms with Gasteiger partial charge in [-0.25, -0.2) is 10.7 Å². The molecule has 0 aliphatic heterocycles. The lowest BCUT2D eigenvalue weighted by atomic mass is 11.2. The average Bonchev–Trinajstić information content (AvgIpc) is 1.67. The van der Waals surface area contributed by atoms with E-state index >= 15 is 0 Å². The van der Waals surface area contributed by atoms with Crippen molar-refractivity contribution in [3.63, 3.8) is 0 Å². The van der Waals surface area contributed by atoms with Gasteiger partial charge in [-0.15, -0.1) is 11.7 Å². The van der Waals surface area contributed by atoms with Crippen LogP contribution >= 0.6 is 0 Å².